The molecule has 2 heterocycles. The van der Waals surface area contributed by atoms with Gasteiger partial charge in [-0.3, -0.25) is 4.79 Å². The van der Waals surface area contributed by atoms with E-state index in [4.69, 9.17) is 4.74 Å². The van der Waals surface area contributed by atoms with Crippen LogP contribution in [0.25, 0.3) is 0 Å². The fourth-order valence-electron chi connectivity index (χ4n) is 3.66. The van der Waals surface area contributed by atoms with Gasteiger partial charge in [0.1, 0.15) is 5.60 Å². The van der Waals surface area contributed by atoms with Gasteiger partial charge in [0.2, 0.25) is 0 Å². The van der Waals surface area contributed by atoms with Crippen LogP contribution >= 0.6 is 12.4 Å². The monoisotopic (exact) mass is 352 g/mol. The van der Waals surface area contributed by atoms with Crippen molar-refractivity contribution < 1.29 is 9.53 Å². The summed E-state index contributed by atoms with van der Waals surface area (Å²) in [6.07, 6.45) is 2.42. The number of anilines is 1. The zero-order chi connectivity index (χ0) is 16.7. The molecule has 1 amide bonds. The quantitative estimate of drug-likeness (QED) is 0.889. The van der Waals surface area contributed by atoms with Gasteiger partial charge in [-0.05, 0) is 55.0 Å². The summed E-state index contributed by atoms with van der Waals surface area (Å²) >= 11 is 0. The van der Waals surface area contributed by atoms with Crippen molar-refractivity contribution in [1.29, 1.82) is 0 Å². The number of fused-ring (bicyclic) bond motifs is 1. The Morgan fingerprint density at radius 3 is 2.50 bits per heavy atom. The highest BCUT2D eigenvalue weighted by Crippen LogP contribution is 2.36. The van der Waals surface area contributed by atoms with Gasteiger partial charge in [-0.1, -0.05) is 32.9 Å². The minimum Gasteiger partial charge on any atom is -0.368 e. The van der Waals surface area contributed by atoms with E-state index in [-0.39, 0.29) is 23.7 Å². The van der Waals surface area contributed by atoms with Gasteiger partial charge in [0.15, 0.2) is 0 Å². The molecule has 0 atom stereocenters. The highest BCUT2D eigenvalue weighted by Gasteiger charge is 2.44. The third-order valence-electron chi connectivity index (χ3n) is 5.28. The number of halogens is 1. The van der Waals surface area contributed by atoms with Crippen molar-refractivity contribution in [3.63, 3.8) is 0 Å². The number of benzene rings is 1. The lowest BCUT2D eigenvalue weighted by Gasteiger charge is -2.37. The number of carbonyl (C=O) groups excluding carboxylic acids is 1. The molecule has 0 bridgehead atoms. The second kappa shape index (κ2) is 7.03. The van der Waals surface area contributed by atoms with Crippen molar-refractivity contribution in [3.05, 3.63) is 29.3 Å². The van der Waals surface area contributed by atoms with Crippen LogP contribution in [0.4, 0.5) is 5.69 Å². The van der Waals surface area contributed by atoms with Gasteiger partial charge < -0.3 is 15.0 Å². The van der Waals surface area contributed by atoms with Crippen molar-refractivity contribution in [2.45, 2.75) is 51.0 Å². The van der Waals surface area contributed by atoms with Gasteiger partial charge >= 0.3 is 0 Å². The number of nitrogens with zero attached hydrogens (tertiary/aromatic N) is 1. The van der Waals surface area contributed by atoms with Crippen LogP contribution in [0, 0.1) is 0 Å². The number of methoxy groups -OCH3 is 1. The number of amides is 1. The Labute approximate surface area is 151 Å². The van der Waals surface area contributed by atoms with Crippen LogP contribution in [-0.4, -0.2) is 38.3 Å². The molecule has 134 valence electrons. The van der Waals surface area contributed by atoms with E-state index in [1.807, 2.05) is 4.90 Å². The molecular weight excluding hydrogens is 324 g/mol. The molecule has 0 unspecified atom stereocenters. The highest BCUT2D eigenvalue weighted by molar-refractivity contribution is 6.01. The fraction of sp³-hybridized carbons (Fsp3) is 0.632. The van der Waals surface area contributed by atoms with Crippen molar-refractivity contribution in [2.24, 2.45) is 0 Å². The molecule has 1 N–H and O–H groups in total. The molecule has 2 aliphatic heterocycles. The Morgan fingerprint density at radius 1 is 1.25 bits per heavy atom. The molecule has 2 aliphatic rings. The van der Waals surface area contributed by atoms with Crippen LogP contribution in [0.2, 0.25) is 0 Å². The minimum atomic E-state index is -0.657. The molecular formula is C19H29ClN2O2. The Balaban J connectivity index is 0.00000208. The molecule has 0 spiro atoms. The van der Waals surface area contributed by atoms with Gasteiger partial charge in [-0.2, -0.15) is 0 Å². The second-order valence-electron chi connectivity index (χ2n) is 7.75. The summed E-state index contributed by atoms with van der Waals surface area (Å²) < 4.78 is 5.71. The normalized spacial score (nSPS) is 19.6. The lowest BCUT2D eigenvalue weighted by Crippen LogP contribution is -2.55. The highest BCUT2D eigenvalue weighted by atomic mass is 35.5. The first-order valence-corrected chi connectivity index (χ1v) is 8.59. The van der Waals surface area contributed by atoms with Crippen LogP contribution < -0.4 is 10.2 Å². The topological polar surface area (TPSA) is 41.6 Å². The van der Waals surface area contributed by atoms with E-state index in [0.717, 1.165) is 44.6 Å². The van der Waals surface area contributed by atoms with E-state index in [0.29, 0.717) is 0 Å². The van der Waals surface area contributed by atoms with Crippen molar-refractivity contribution in [3.8, 4) is 0 Å². The number of hydrogen-bond acceptors (Lipinski definition) is 3. The first-order chi connectivity index (χ1) is 10.9. The first kappa shape index (κ1) is 19.2. The third kappa shape index (κ3) is 3.32. The minimum absolute atomic E-state index is 0. The Hall–Kier alpha value is -1.10. The lowest BCUT2D eigenvalue weighted by molar-refractivity contribution is -0.143. The second-order valence-corrected chi connectivity index (χ2v) is 7.75. The molecule has 1 aromatic carbocycles. The number of nitrogens with one attached hydrogen (secondary N) is 1. The standard InChI is InChI=1S/C19H28N2O2.ClH/c1-18(2,3)15-5-6-16-14(13-15)7-12-21(16)17(22)19(23-4)8-10-20-11-9-19;/h5-6,13,20H,7-12H2,1-4H3;1H. The predicted octanol–water partition coefficient (Wildman–Crippen LogP) is 3.06. The van der Waals surface area contributed by atoms with E-state index in [9.17, 15) is 4.79 Å². The fourth-order valence-corrected chi connectivity index (χ4v) is 3.66. The van der Waals surface area contributed by atoms with Gasteiger partial charge in [-0.25, -0.2) is 0 Å². The maximum Gasteiger partial charge on any atom is 0.259 e. The van der Waals surface area contributed by atoms with Crippen LogP contribution in [-0.2, 0) is 21.4 Å². The van der Waals surface area contributed by atoms with E-state index in [2.05, 4.69) is 44.3 Å². The molecule has 1 fully saturated rings. The molecule has 5 heteroatoms. The van der Waals surface area contributed by atoms with Crippen molar-refractivity contribution >= 4 is 24.0 Å². The Morgan fingerprint density at radius 2 is 1.92 bits per heavy atom. The van der Waals surface area contributed by atoms with Crippen LogP contribution in [0.1, 0.15) is 44.7 Å². The molecule has 3 rings (SSSR count). The number of piperidine rings is 1. The summed E-state index contributed by atoms with van der Waals surface area (Å²) in [5, 5.41) is 3.31. The molecule has 0 aliphatic carbocycles. The number of hydrogen-bond donors (Lipinski definition) is 1. The van der Waals surface area contributed by atoms with E-state index >= 15 is 0 Å². The SMILES string of the molecule is COC1(C(=O)N2CCc3cc(C(C)(C)C)ccc32)CCNCC1.Cl. The first-order valence-electron chi connectivity index (χ1n) is 8.59. The predicted molar refractivity (Wildman–Crippen MR) is 100 cm³/mol. The van der Waals surface area contributed by atoms with E-state index in [1.54, 1.807) is 7.11 Å². The van der Waals surface area contributed by atoms with Gasteiger partial charge in [0, 0.05) is 19.3 Å². The molecule has 0 aromatic heterocycles. The summed E-state index contributed by atoms with van der Waals surface area (Å²) in [5.74, 6) is 0.128. The Bertz CT molecular complexity index is 604. The molecule has 1 saturated heterocycles. The number of ether oxygens (including phenoxy) is 1. The number of rotatable bonds is 2. The average Bonchev–Trinajstić information content (AvgIpc) is 2.97. The largest absolute Gasteiger partial charge is 0.368 e. The summed E-state index contributed by atoms with van der Waals surface area (Å²) in [4.78, 5) is 15.1. The van der Waals surface area contributed by atoms with E-state index < -0.39 is 5.60 Å². The zero-order valence-corrected chi connectivity index (χ0v) is 16.0. The maximum absolute atomic E-state index is 13.2. The molecule has 0 saturated carbocycles. The summed E-state index contributed by atoms with van der Waals surface area (Å²) in [6.45, 7) is 9.11. The Kier molecular flexibility index (Phi) is 5.63. The number of carbonyl (C=O) groups is 1. The van der Waals surface area contributed by atoms with Crippen LogP contribution in [0.3, 0.4) is 0 Å². The van der Waals surface area contributed by atoms with E-state index in [1.165, 1.54) is 11.1 Å². The van der Waals surface area contributed by atoms with Gasteiger partial charge in [0.05, 0.1) is 0 Å². The smallest absolute Gasteiger partial charge is 0.259 e. The van der Waals surface area contributed by atoms with Crippen LogP contribution in [0.5, 0.6) is 0 Å². The summed E-state index contributed by atoms with van der Waals surface area (Å²) in [6, 6.07) is 6.54. The molecule has 24 heavy (non-hydrogen) atoms. The summed E-state index contributed by atoms with van der Waals surface area (Å²) in [7, 11) is 1.67. The zero-order valence-electron chi connectivity index (χ0n) is 15.1. The molecule has 0 radical (unpaired) electrons. The van der Waals surface area contributed by atoms with Crippen molar-refractivity contribution in [2.75, 3.05) is 31.6 Å². The van der Waals surface area contributed by atoms with Gasteiger partial charge in [-0.15, -0.1) is 12.4 Å². The van der Waals surface area contributed by atoms with Crippen molar-refractivity contribution in [1.82, 2.24) is 5.32 Å². The summed E-state index contributed by atoms with van der Waals surface area (Å²) in [5.41, 5.74) is 3.16. The van der Waals surface area contributed by atoms with Gasteiger partial charge in [0.25, 0.3) is 5.91 Å². The molecule has 1 aromatic rings. The molecule has 4 nitrogen and oxygen atoms in total. The van der Waals surface area contributed by atoms with Crippen LogP contribution in [0.15, 0.2) is 18.2 Å². The third-order valence-corrected chi connectivity index (χ3v) is 5.28. The lowest BCUT2D eigenvalue weighted by atomic mass is 9.86. The average molecular weight is 353 g/mol. The maximum atomic E-state index is 13.2.